The average molecular weight is 372 g/mol. The summed E-state index contributed by atoms with van der Waals surface area (Å²) in [7, 11) is 0. The van der Waals surface area contributed by atoms with E-state index in [4.69, 9.17) is 5.73 Å². The molecule has 0 fully saturated rings. The number of nitrogens with zero attached hydrogens (tertiary/aromatic N) is 2. The van der Waals surface area contributed by atoms with Crippen molar-refractivity contribution in [1.82, 2.24) is 10.3 Å². The van der Waals surface area contributed by atoms with Crippen LogP contribution in [-0.4, -0.2) is 29.8 Å². The van der Waals surface area contributed by atoms with Crippen LogP contribution < -0.4 is 11.1 Å². The van der Waals surface area contributed by atoms with Crippen molar-refractivity contribution in [1.29, 1.82) is 0 Å². The van der Waals surface area contributed by atoms with Gasteiger partial charge in [0, 0.05) is 18.5 Å². The summed E-state index contributed by atoms with van der Waals surface area (Å²) in [5, 5.41) is 8.47. The first kappa shape index (κ1) is 19.0. The second-order valence-corrected chi connectivity index (χ2v) is 6.43. The predicted octanol–water partition coefficient (Wildman–Crippen LogP) is 3.35. The topological polar surface area (TPSA) is 70.7 Å². The van der Waals surface area contributed by atoms with Crippen molar-refractivity contribution >= 4 is 11.7 Å². The Labute approximate surface area is 156 Å². The number of hydrazone groups is 1. The average Bonchev–Trinajstić information content (AvgIpc) is 3.05. The van der Waals surface area contributed by atoms with Gasteiger partial charge in [-0.1, -0.05) is 30.3 Å². The molecule has 0 bridgehead atoms. The Bertz CT molecular complexity index is 856. The van der Waals surface area contributed by atoms with Crippen molar-refractivity contribution in [3.8, 4) is 0 Å². The number of hydrogen-bond donors (Lipinski definition) is 2. The molecule has 0 spiro atoms. The zero-order chi connectivity index (χ0) is 19.4. The first-order chi connectivity index (χ1) is 13.0. The lowest BCUT2D eigenvalue weighted by molar-refractivity contribution is 0.126. The van der Waals surface area contributed by atoms with Crippen LogP contribution in [0.15, 0.2) is 53.6 Å². The Kier molecular flexibility index (Phi) is 5.51. The van der Waals surface area contributed by atoms with Crippen LogP contribution in [0.2, 0.25) is 0 Å². The summed E-state index contributed by atoms with van der Waals surface area (Å²) in [6, 6.07) is 12.2. The molecule has 7 heteroatoms. The standard InChI is InChI=1S/C20H22F2N4O/c1-2-24-19(27)26-20(10-11-23,14-6-4-3-5-7-14)13-18(25-26)16-12-15(21)8-9-17(16)22/h3-9,12H,2,10-11,13,23H2,1H3,(H,24,27). The summed E-state index contributed by atoms with van der Waals surface area (Å²) in [6.45, 7) is 2.53. The number of nitrogens with one attached hydrogen (secondary N) is 1. The Morgan fingerprint density at radius 3 is 2.67 bits per heavy atom. The zero-order valence-corrected chi connectivity index (χ0v) is 15.1. The highest BCUT2D eigenvalue weighted by Gasteiger charge is 2.47. The number of benzene rings is 2. The maximum Gasteiger partial charge on any atom is 0.338 e. The van der Waals surface area contributed by atoms with Gasteiger partial charge in [0.2, 0.25) is 0 Å². The molecule has 1 unspecified atom stereocenters. The fraction of sp³-hybridized carbons (Fsp3) is 0.300. The highest BCUT2D eigenvalue weighted by atomic mass is 19.1. The number of carbonyl (C=O) groups is 1. The van der Waals surface area contributed by atoms with Crippen LogP contribution in [-0.2, 0) is 5.54 Å². The zero-order valence-electron chi connectivity index (χ0n) is 15.1. The Balaban J connectivity index is 2.13. The molecular weight excluding hydrogens is 350 g/mol. The number of hydrogen-bond acceptors (Lipinski definition) is 3. The van der Waals surface area contributed by atoms with Crippen LogP contribution in [0.1, 0.15) is 30.9 Å². The van der Waals surface area contributed by atoms with Gasteiger partial charge in [-0.05, 0) is 43.7 Å². The molecule has 1 aliphatic rings. The molecule has 5 nitrogen and oxygen atoms in total. The van der Waals surface area contributed by atoms with Crippen LogP contribution >= 0.6 is 0 Å². The van der Waals surface area contributed by atoms with E-state index in [1.54, 1.807) is 6.92 Å². The van der Waals surface area contributed by atoms with Crippen LogP contribution in [0, 0.1) is 11.6 Å². The van der Waals surface area contributed by atoms with Gasteiger partial charge >= 0.3 is 6.03 Å². The lowest BCUT2D eigenvalue weighted by atomic mass is 9.81. The molecule has 1 aliphatic heterocycles. The van der Waals surface area contributed by atoms with Crippen molar-refractivity contribution in [2.45, 2.75) is 25.3 Å². The summed E-state index contributed by atoms with van der Waals surface area (Å²) in [5.74, 6) is -1.14. The molecule has 0 saturated heterocycles. The molecule has 0 aliphatic carbocycles. The van der Waals surface area contributed by atoms with Crippen molar-refractivity contribution in [2.75, 3.05) is 13.1 Å². The maximum atomic E-state index is 14.3. The van der Waals surface area contributed by atoms with E-state index in [1.807, 2.05) is 30.3 Å². The lowest BCUT2D eigenvalue weighted by Gasteiger charge is -2.36. The Morgan fingerprint density at radius 2 is 2.00 bits per heavy atom. The molecule has 3 rings (SSSR count). The van der Waals surface area contributed by atoms with E-state index >= 15 is 0 Å². The summed E-state index contributed by atoms with van der Waals surface area (Å²) < 4.78 is 28.1. The predicted molar refractivity (Wildman–Crippen MR) is 100 cm³/mol. The van der Waals surface area contributed by atoms with E-state index in [9.17, 15) is 13.6 Å². The van der Waals surface area contributed by atoms with Crippen LogP contribution in [0.5, 0.6) is 0 Å². The number of amides is 2. The number of rotatable bonds is 5. The normalized spacial score (nSPS) is 19.1. The monoisotopic (exact) mass is 372 g/mol. The van der Waals surface area contributed by atoms with E-state index in [2.05, 4.69) is 10.4 Å². The van der Waals surface area contributed by atoms with Crippen molar-refractivity contribution in [3.05, 3.63) is 71.3 Å². The number of nitrogens with two attached hydrogens (primary N) is 1. The van der Waals surface area contributed by atoms with Gasteiger partial charge in [-0.25, -0.2) is 18.6 Å². The summed E-state index contributed by atoms with van der Waals surface area (Å²) in [6.07, 6.45) is 0.670. The molecule has 2 aromatic rings. The van der Waals surface area contributed by atoms with E-state index in [1.165, 1.54) is 5.01 Å². The van der Waals surface area contributed by atoms with Gasteiger partial charge in [0.05, 0.1) is 11.3 Å². The van der Waals surface area contributed by atoms with Gasteiger partial charge in [-0.3, -0.25) is 0 Å². The van der Waals surface area contributed by atoms with Gasteiger partial charge in [-0.2, -0.15) is 5.10 Å². The van der Waals surface area contributed by atoms with Crippen LogP contribution in [0.4, 0.5) is 13.6 Å². The minimum Gasteiger partial charge on any atom is -0.337 e. The highest BCUT2D eigenvalue weighted by Crippen LogP contribution is 2.42. The molecule has 2 amide bonds. The summed E-state index contributed by atoms with van der Waals surface area (Å²) in [4.78, 5) is 12.7. The first-order valence-corrected chi connectivity index (χ1v) is 8.88. The third-order valence-electron chi connectivity index (χ3n) is 4.71. The number of halogens is 2. The molecule has 0 saturated carbocycles. The van der Waals surface area contributed by atoms with Crippen LogP contribution in [0.25, 0.3) is 0 Å². The largest absolute Gasteiger partial charge is 0.338 e. The third kappa shape index (κ3) is 3.55. The molecular formula is C20H22F2N4O. The van der Waals surface area contributed by atoms with E-state index in [0.29, 0.717) is 25.2 Å². The summed E-state index contributed by atoms with van der Waals surface area (Å²) >= 11 is 0. The van der Waals surface area contributed by atoms with Crippen molar-refractivity contribution in [3.63, 3.8) is 0 Å². The molecule has 1 heterocycles. The van der Waals surface area contributed by atoms with Crippen molar-refractivity contribution < 1.29 is 13.6 Å². The molecule has 1 atom stereocenters. The molecule has 142 valence electrons. The van der Waals surface area contributed by atoms with E-state index in [0.717, 1.165) is 23.8 Å². The minimum absolute atomic E-state index is 0.0547. The SMILES string of the molecule is CCNC(=O)N1N=C(c2cc(F)ccc2F)CC1(CCN)c1ccccc1. The maximum absolute atomic E-state index is 14.3. The quantitative estimate of drug-likeness (QED) is 0.845. The first-order valence-electron chi connectivity index (χ1n) is 8.88. The van der Waals surface area contributed by atoms with Crippen LogP contribution in [0.3, 0.4) is 0 Å². The van der Waals surface area contributed by atoms with E-state index in [-0.39, 0.29) is 12.0 Å². The highest BCUT2D eigenvalue weighted by molar-refractivity contribution is 6.04. The number of carbonyl (C=O) groups excluding carboxylic acids is 1. The van der Waals surface area contributed by atoms with Gasteiger partial charge < -0.3 is 11.1 Å². The second-order valence-electron chi connectivity index (χ2n) is 6.43. The number of urea groups is 1. The second kappa shape index (κ2) is 7.84. The lowest BCUT2D eigenvalue weighted by Crippen LogP contribution is -2.49. The fourth-order valence-electron chi connectivity index (χ4n) is 3.49. The fourth-order valence-corrected chi connectivity index (χ4v) is 3.49. The summed E-state index contributed by atoms with van der Waals surface area (Å²) in [5.41, 5.74) is 6.22. The van der Waals surface area contributed by atoms with Gasteiger partial charge in [0.1, 0.15) is 11.6 Å². The Hall–Kier alpha value is -2.80. The van der Waals surface area contributed by atoms with Crippen molar-refractivity contribution in [2.24, 2.45) is 10.8 Å². The van der Waals surface area contributed by atoms with Gasteiger partial charge in [-0.15, -0.1) is 0 Å². The molecule has 0 radical (unpaired) electrons. The molecule has 3 N–H and O–H groups in total. The Morgan fingerprint density at radius 1 is 1.26 bits per heavy atom. The van der Waals surface area contributed by atoms with Gasteiger partial charge in [0.15, 0.2) is 0 Å². The smallest absolute Gasteiger partial charge is 0.337 e. The minimum atomic E-state index is -0.858. The van der Waals surface area contributed by atoms with Gasteiger partial charge in [0.25, 0.3) is 0 Å². The third-order valence-corrected chi connectivity index (χ3v) is 4.71. The molecule has 27 heavy (non-hydrogen) atoms. The van der Waals surface area contributed by atoms with E-state index < -0.39 is 23.2 Å². The molecule has 2 aromatic carbocycles. The molecule has 0 aromatic heterocycles.